The van der Waals surface area contributed by atoms with Crippen LogP contribution in [0.25, 0.3) is 0 Å². The quantitative estimate of drug-likeness (QED) is 0.780. The Morgan fingerprint density at radius 3 is 2.80 bits per heavy atom. The predicted octanol–water partition coefficient (Wildman–Crippen LogP) is -0.376. The smallest absolute Gasteiger partial charge is 0.330 e. The Kier molecular flexibility index (Phi) is 4.52. The molecule has 2 aromatic rings. The molecule has 0 aliphatic carbocycles. The second-order valence-electron chi connectivity index (χ2n) is 4.56. The van der Waals surface area contributed by atoms with Gasteiger partial charge in [0.15, 0.2) is 0 Å². The van der Waals surface area contributed by atoms with Crippen molar-refractivity contribution in [1.82, 2.24) is 18.9 Å². The van der Waals surface area contributed by atoms with Gasteiger partial charge in [0.1, 0.15) is 0 Å². The molecule has 2 rings (SSSR count). The van der Waals surface area contributed by atoms with E-state index in [4.69, 9.17) is 5.73 Å². The summed E-state index contributed by atoms with van der Waals surface area (Å²) in [5, 5.41) is 4.17. The lowest BCUT2D eigenvalue weighted by Gasteiger charge is -2.08. The third-order valence-electron chi connectivity index (χ3n) is 3.09. The van der Waals surface area contributed by atoms with E-state index >= 15 is 0 Å². The van der Waals surface area contributed by atoms with Crippen LogP contribution in [0, 0.1) is 0 Å². The first-order valence-corrected chi connectivity index (χ1v) is 6.67. The minimum Gasteiger partial charge on any atom is -0.330 e. The van der Waals surface area contributed by atoms with Gasteiger partial charge >= 0.3 is 5.69 Å². The number of aryl methyl sites for hydroxylation is 1. The molecule has 0 saturated heterocycles. The number of aromatic nitrogens is 4. The van der Waals surface area contributed by atoms with Gasteiger partial charge in [0.05, 0.1) is 12.7 Å². The molecule has 0 unspecified atom stereocenters. The molecule has 0 aliphatic heterocycles. The summed E-state index contributed by atoms with van der Waals surface area (Å²) < 4.78 is 4.52. The van der Waals surface area contributed by atoms with Gasteiger partial charge in [0.2, 0.25) is 0 Å². The van der Waals surface area contributed by atoms with Crippen LogP contribution in [-0.2, 0) is 19.6 Å². The largest absolute Gasteiger partial charge is 0.331 e. The molecule has 0 aliphatic rings. The van der Waals surface area contributed by atoms with Gasteiger partial charge in [-0.15, -0.1) is 0 Å². The molecule has 0 fully saturated rings. The fourth-order valence-electron chi connectivity index (χ4n) is 1.99. The fraction of sp³-hybridized carbons (Fsp3) is 0.462. The van der Waals surface area contributed by atoms with Gasteiger partial charge in [0.25, 0.3) is 5.56 Å². The molecular weight excluding hydrogens is 258 g/mol. The second-order valence-corrected chi connectivity index (χ2v) is 4.56. The maximum absolute atomic E-state index is 12.2. The first-order valence-electron chi connectivity index (χ1n) is 6.67. The van der Waals surface area contributed by atoms with E-state index in [0.29, 0.717) is 26.1 Å². The Hall–Kier alpha value is -2.15. The zero-order valence-electron chi connectivity index (χ0n) is 11.5. The van der Waals surface area contributed by atoms with Crippen LogP contribution in [0.4, 0.5) is 0 Å². The molecule has 2 heterocycles. The number of rotatable bonds is 6. The summed E-state index contributed by atoms with van der Waals surface area (Å²) in [4.78, 5) is 23.9. The molecule has 108 valence electrons. The summed E-state index contributed by atoms with van der Waals surface area (Å²) in [6, 6.07) is 1.40. The average molecular weight is 277 g/mol. The van der Waals surface area contributed by atoms with Gasteiger partial charge in [-0.2, -0.15) is 5.10 Å². The second kappa shape index (κ2) is 6.33. The van der Waals surface area contributed by atoms with E-state index in [9.17, 15) is 9.59 Å². The lowest BCUT2D eigenvalue weighted by Crippen LogP contribution is -2.39. The maximum atomic E-state index is 12.2. The van der Waals surface area contributed by atoms with E-state index in [1.54, 1.807) is 10.9 Å². The average Bonchev–Trinajstić information content (AvgIpc) is 2.90. The van der Waals surface area contributed by atoms with Crippen LogP contribution >= 0.6 is 0 Å². The normalized spacial score (nSPS) is 10.9. The highest BCUT2D eigenvalue weighted by atomic mass is 16.2. The van der Waals surface area contributed by atoms with Crippen LogP contribution in [0.15, 0.2) is 34.2 Å². The molecule has 0 amide bonds. The first kappa shape index (κ1) is 14.3. The van der Waals surface area contributed by atoms with Crippen LogP contribution < -0.4 is 17.0 Å². The number of nitrogens with zero attached hydrogens (tertiary/aromatic N) is 4. The van der Waals surface area contributed by atoms with Gasteiger partial charge in [-0.3, -0.25) is 18.6 Å². The minimum atomic E-state index is -0.310. The monoisotopic (exact) mass is 277 g/mol. The molecule has 7 nitrogen and oxygen atoms in total. The molecule has 2 N–H and O–H groups in total. The van der Waals surface area contributed by atoms with Crippen LogP contribution in [-0.4, -0.2) is 25.5 Å². The molecule has 0 atom stereocenters. The van der Waals surface area contributed by atoms with Crippen molar-refractivity contribution in [3.63, 3.8) is 0 Å². The van der Waals surface area contributed by atoms with E-state index < -0.39 is 0 Å². The van der Waals surface area contributed by atoms with Gasteiger partial charge in [-0.05, 0) is 19.9 Å². The van der Waals surface area contributed by atoms with Crippen molar-refractivity contribution in [2.45, 2.75) is 33.0 Å². The molecule has 0 spiro atoms. The number of hydrogen-bond donors (Lipinski definition) is 1. The Balaban J connectivity index is 2.28. The highest BCUT2D eigenvalue weighted by Crippen LogP contribution is 1.99. The van der Waals surface area contributed by atoms with Gasteiger partial charge in [-0.1, -0.05) is 0 Å². The van der Waals surface area contributed by atoms with Gasteiger partial charge < -0.3 is 5.73 Å². The van der Waals surface area contributed by atoms with E-state index in [-0.39, 0.29) is 11.2 Å². The number of nitrogens with two attached hydrogens (primary N) is 1. The van der Waals surface area contributed by atoms with E-state index in [0.717, 1.165) is 12.1 Å². The molecule has 0 saturated carbocycles. The van der Waals surface area contributed by atoms with Crippen LogP contribution in [0.2, 0.25) is 0 Å². The van der Waals surface area contributed by atoms with Crippen molar-refractivity contribution >= 4 is 0 Å². The fourth-order valence-corrected chi connectivity index (χ4v) is 1.99. The standard InChI is InChI=1S/C13H19N5O2/c1-2-17-10-11(8-15-17)9-16-7-4-12(19)18(13(16)20)6-3-5-14/h4,7-8,10H,2-3,5-6,9,14H2,1H3. The summed E-state index contributed by atoms with van der Waals surface area (Å²) >= 11 is 0. The molecule has 0 bridgehead atoms. The third-order valence-corrected chi connectivity index (χ3v) is 3.09. The highest BCUT2D eigenvalue weighted by Gasteiger charge is 2.06. The highest BCUT2D eigenvalue weighted by molar-refractivity contribution is 5.05. The summed E-state index contributed by atoms with van der Waals surface area (Å²) in [6.45, 7) is 3.98. The maximum Gasteiger partial charge on any atom is 0.331 e. The summed E-state index contributed by atoms with van der Waals surface area (Å²) in [7, 11) is 0. The Bertz CT molecular complexity index is 683. The Labute approximate surface area is 116 Å². The lowest BCUT2D eigenvalue weighted by atomic mass is 10.3. The molecular formula is C13H19N5O2. The van der Waals surface area contributed by atoms with Gasteiger partial charge in [0, 0.05) is 37.1 Å². The van der Waals surface area contributed by atoms with Crippen molar-refractivity contribution in [1.29, 1.82) is 0 Å². The van der Waals surface area contributed by atoms with E-state index in [2.05, 4.69) is 5.10 Å². The molecule has 0 aromatic carbocycles. The summed E-state index contributed by atoms with van der Waals surface area (Å²) in [5.41, 5.74) is 5.75. The van der Waals surface area contributed by atoms with Crippen LogP contribution in [0.3, 0.4) is 0 Å². The SMILES string of the molecule is CCn1cc(Cn2ccc(=O)n(CCCN)c2=O)cn1. The van der Waals surface area contributed by atoms with Crippen molar-refractivity contribution in [3.8, 4) is 0 Å². The third kappa shape index (κ3) is 3.05. The molecule has 2 aromatic heterocycles. The Morgan fingerprint density at radius 2 is 2.15 bits per heavy atom. The first-order chi connectivity index (χ1) is 9.65. The van der Waals surface area contributed by atoms with Gasteiger partial charge in [-0.25, -0.2) is 4.79 Å². The van der Waals surface area contributed by atoms with Crippen molar-refractivity contribution in [2.75, 3.05) is 6.54 Å². The summed E-state index contributed by atoms with van der Waals surface area (Å²) in [5.74, 6) is 0. The zero-order valence-corrected chi connectivity index (χ0v) is 11.5. The predicted molar refractivity (Wildman–Crippen MR) is 75.6 cm³/mol. The Morgan fingerprint density at radius 1 is 1.35 bits per heavy atom. The topological polar surface area (TPSA) is 87.8 Å². The van der Waals surface area contributed by atoms with Crippen LogP contribution in [0.5, 0.6) is 0 Å². The molecule has 20 heavy (non-hydrogen) atoms. The van der Waals surface area contributed by atoms with Crippen molar-refractivity contribution in [3.05, 3.63) is 51.1 Å². The zero-order chi connectivity index (χ0) is 14.5. The lowest BCUT2D eigenvalue weighted by molar-refractivity contribution is 0.554. The minimum absolute atomic E-state index is 0.288. The van der Waals surface area contributed by atoms with E-state index in [1.807, 2.05) is 13.1 Å². The van der Waals surface area contributed by atoms with Crippen LogP contribution in [0.1, 0.15) is 18.9 Å². The van der Waals surface area contributed by atoms with Crippen molar-refractivity contribution in [2.24, 2.45) is 5.73 Å². The summed E-state index contributed by atoms with van der Waals surface area (Å²) in [6.07, 6.45) is 5.74. The van der Waals surface area contributed by atoms with E-state index in [1.165, 1.54) is 21.4 Å². The molecule has 7 heteroatoms. The van der Waals surface area contributed by atoms with Crippen molar-refractivity contribution < 1.29 is 0 Å². The molecule has 0 radical (unpaired) electrons. The number of hydrogen-bond acceptors (Lipinski definition) is 4.